The molecule has 0 saturated carbocycles. The number of anilines is 1. The highest BCUT2D eigenvalue weighted by Gasteiger charge is 2.19. The van der Waals surface area contributed by atoms with Crippen LogP contribution in [-0.4, -0.2) is 46.8 Å². The summed E-state index contributed by atoms with van der Waals surface area (Å²) in [4.78, 5) is 55.8. The van der Waals surface area contributed by atoms with E-state index in [1.165, 1.54) is 6.92 Å². The summed E-state index contributed by atoms with van der Waals surface area (Å²) in [5, 5.41) is 19.2. The molecule has 11 nitrogen and oxygen atoms in total. The quantitative estimate of drug-likeness (QED) is 0.176. The average molecular weight is 537 g/mol. The number of aryl methyl sites for hydroxylation is 2. The van der Waals surface area contributed by atoms with E-state index in [9.17, 15) is 19.2 Å². The van der Waals surface area contributed by atoms with Crippen molar-refractivity contribution in [2.45, 2.75) is 32.7 Å². The lowest BCUT2D eigenvalue weighted by atomic mass is 10.1. The molecule has 2 aromatic carbocycles. The minimum absolute atomic E-state index is 0.127. The van der Waals surface area contributed by atoms with Gasteiger partial charge in [-0.25, -0.2) is 14.8 Å². The van der Waals surface area contributed by atoms with Gasteiger partial charge >= 0.3 is 6.09 Å². The van der Waals surface area contributed by atoms with Crippen LogP contribution in [0.2, 0.25) is 0 Å². The van der Waals surface area contributed by atoms with Gasteiger partial charge in [0.1, 0.15) is 4.88 Å². The van der Waals surface area contributed by atoms with Crippen molar-refractivity contribution in [2.24, 2.45) is 4.99 Å². The van der Waals surface area contributed by atoms with Crippen molar-refractivity contribution in [2.75, 3.05) is 11.9 Å². The fourth-order valence-corrected chi connectivity index (χ4v) is 4.31. The Morgan fingerprint density at radius 1 is 0.974 bits per heavy atom. The van der Waals surface area contributed by atoms with Gasteiger partial charge in [-0.15, -0.1) is 0 Å². The van der Waals surface area contributed by atoms with Crippen LogP contribution in [0.15, 0.2) is 59.6 Å². The number of nitrogens with zero attached hydrogens (tertiary/aromatic N) is 2. The molecule has 38 heavy (non-hydrogen) atoms. The van der Waals surface area contributed by atoms with Crippen LogP contribution in [0.4, 0.5) is 15.6 Å². The van der Waals surface area contributed by atoms with E-state index in [2.05, 4.69) is 25.9 Å². The number of benzene rings is 2. The maximum absolute atomic E-state index is 12.9. The molecular formula is C26H28N6O5S. The fraction of sp³-hybridized carbons (Fsp3) is 0.231. The molecule has 12 heteroatoms. The first-order valence-corrected chi connectivity index (χ1v) is 12.6. The first-order valence-electron chi connectivity index (χ1n) is 11.8. The highest BCUT2D eigenvalue weighted by Crippen LogP contribution is 2.25. The van der Waals surface area contributed by atoms with E-state index in [4.69, 9.17) is 5.11 Å². The summed E-state index contributed by atoms with van der Waals surface area (Å²) in [6.07, 6.45) is 1.04. The van der Waals surface area contributed by atoms with Crippen LogP contribution in [0.3, 0.4) is 0 Å². The number of aliphatic imine (C=N–C) groups is 1. The second-order valence-electron chi connectivity index (χ2n) is 8.12. The summed E-state index contributed by atoms with van der Waals surface area (Å²) in [6.45, 7) is 1.94. The van der Waals surface area contributed by atoms with Gasteiger partial charge in [-0.3, -0.25) is 19.7 Å². The van der Waals surface area contributed by atoms with Gasteiger partial charge in [-0.2, -0.15) is 0 Å². The predicted molar refractivity (Wildman–Crippen MR) is 145 cm³/mol. The van der Waals surface area contributed by atoms with Gasteiger partial charge in [0.15, 0.2) is 5.13 Å². The number of amides is 4. The van der Waals surface area contributed by atoms with Crippen molar-refractivity contribution >= 4 is 52.3 Å². The zero-order valence-electron chi connectivity index (χ0n) is 20.7. The van der Waals surface area contributed by atoms with E-state index < -0.39 is 6.09 Å². The minimum Gasteiger partial charge on any atom is -0.465 e. The number of rotatable bonds is 12. The molecule has 0 aliphatic carbocycles. The second kappa shape index (κ2) is 14.2. The van der Waals surface area contributed by atoms with Crippen molar-refractivity contribution in [3.63, 3.8) is 0 Å². The van der Waals surface area contributed by atoms with E-state index in [0.717, 1.165) is 28.8 Å². The van der Waals surface area contributed by atoms with E-state index in [0.29, 0.717) is 40.8 Å². The third-order valence-electron chi connectivity index (χ3n) is 5.15. The zero-order valence-corrected chi connectivity index (χ0v) is 21.5. The Hall–Kier alpha value is -4.58. The van der Waals surface area contributed by atoms with Crippen LogP contribution in [0.1, 0.15) is 39.8 Å². The number of thiazole rings is 1. The Kier molecular flexibility index (Phi) is 10.5. The summed E-state index contributed by atoms with van der Waals surface area (Å²) in [6, 6.07) is 16.7. The van der Waals surface area contributed by atoms with Crippen molar-refractivity contribution in [3.8, 4) is 0 Å². The van der Waals surface area contributed by atoms with Gasteiger partial charge in [0, 0.05) is 26.4 Å². The van der Waals surface area contributed by atoms with E-state index in [-0.39, 0.29) is 30.7 Å². The number of hydrogen-bond acceptors (Lipinski definition) is 7. The largest absolute Gasteiger partial charge is 0.465 e. The molecule has 0 saturated heterocycles. The summed E-state index contributed by atoms with van der Waals surface area (Å²) < 4.78 is 0. The molecule has 0 aliphatic heterocycles. The summed E-state index contributed by atoms with van der Waals surface area (Å²) in [7, 11) is 0. The van der Waals surface area contributed by atoms with Gasteiger partial charge in [0.2, 0.25) is 11.8 Å². The molecule has 3 aromatic rings. The lowest BCUT2D eigenvalue weighted by Gasteiger charge is -2.07. The molecule has 0 atom stereocenters. The van der Waals surface area contributed by atoms with Gasteiger partial charge in [-0.1, -0.05) is 53.8 Å². The van der Waals surface area contributed by atoms with Crippen LogP contribution in [0, 0.1) is 0 Å². The standard InChI is InChI=1S/C26H28N6O5S/c1-17(33)31-25-32-21(12-9-18-7-10-20(11-8-18)29-16-30-26(36)37)23(38-25)24(35)27-14-13-22(34)28-15-19-5-3-2-4-6-19/h2-8,10-11,16H,9,12-15H2,1H3,(H,27,35)(H,28,34)(H,29,30)(H,36,37)(H,31,32,33). The van der Waals surface area contributed by atoms with Crippen LogP contribution in [0.25, 0.3) is 0 Å². The highest BCUT2D eigenvalue weighted by molar-refractivity contribution is 7.17. The van der Waals surface area contributed by atoms with E-state index >= 15 is 0 Å². The van der Waals surface area contributed by atoms with Crippen LogP contribution in [0.5, 0.6) is 0 Å². The average Bonchev–Trinajstić information content (AvgIpc) is 3.29. The second-order valence-corrected chi connectivity index (χ2v) is 9.12. The molecule has 5 N–H and O–H groups in total. The smallest absolute Gasteiger partial charge is 0.409 e. The molecule has 3 rings (SSSR count). The highest BCUT2D eigenvalue weighted by atomic mass is 32.1. The number of aromatic nitrogens is 1. The molecule has 0 bridgehead atoms. The number of hydrogen-bond donors (Lipinski definition) is 5. The number of carbonyl (C=O) groups is 4. The van der Waals surface area contributed by atoms with E-state index in [1.807, 2.05) is 47.8 Å². The molecule has 1 aromatic heterocycles. The lowest BCUT2D eigenvalue weighted by Crippen LogP contribution is -2.30. The Morgan fingerprint density at radius 2 is 1.71 bits per heavy atom. The van der Waals surface area contributed by atoms with Crippen LogP contribution < -0.4 is 21.3 Å². The van der Waals surface area contributed by atoms with E-state index in [1.54, 1.807) is 12.1 Å². The van der Waals surface area contributed by atoms with Crippen molar-refractivity contribution in [1.29, 1.82) is 0 Å². The minimum atomic E-state index is -1.20. The van der Waals surface area contributed by atoms with Crippen LogP contribution >= 0.6 is 11.3 Å². The third kappa shape index (κ3) is 9.47. The number of carbonyl (C=O) groups excluding carboxylic acids is 3. The summed E-state index contributed by atoms with van der Waals surface area (Å²) in [5.41, 5.74) is 3.07. The zero-order chi connectivity index (χ0) is 27.3. The molecule has 198 valence electrons. The molecule has 0 spiro atoms. The van der Waals surface area contributed by atoms with Gasteiger partial charge < -0.3 is 21.1 Å². The first-order chi connectivity index (χ1) is 18.3. The maximum atomic E-state index is 12.9. The maximum Gasteiger partial charge on any atom is 0.409 e. The van der Waals surface area contributed by atoms with Gasteiger partial charge in [0.25, 0.3) is 5.91 Å². The van der Waals surface area contributed by atoms with Gasteiger partial charge in [-0.05, 0) is 36.1 Å². The Bertz CT molecular complexity index is 1290. The molecule has 1 heterocycles. The molecule has 0 fully saturated rings. The predicted octanol–water partition coefficient (Wildman–Crippen LogP) is 3.25. The van der Waals surface area contributed by atoms with Crippen molar-refractivity contribution in [3.05, 3.63) is 76.3 Å². The topological polar surface area (TPSA) is 162 Å². The van der Waals surface area contributed by atoms with Crippen LogP contribution in [-0.2, 0) is 29.0 Å². The first kappa shape index (κ1) is 28.0. The molecule has 0 aliphatic rings. The third-order valence-corrected chi connectivity index (χ3v) is 6.16. The Balaban J connectivity index is 1.55. The molecule has 4 amide bonds. The number of carboxylic acid groups (broad SMARTS) is 1. The fourth-order valence-electron chi connectivity index (χ4n) is 3.33. The lowest BCUT2D eigenvalue weighted by molar-refractivity contribution is -0.121. The normalized spacial score (nSPS) is 10.7. The van der Waals surface area contributed by atoms with Crippen molar-refractivity contribution in [1.82, 2.24) is 20.9 Å². The molecule has 0 unspecified atom stereocenters. The van der Waals surface area contributed by atoms with Gasteiger partial charge in [0.05, 0.1) is 17.7 Å². The Morgan fingerprint density at radius 3 is 2.39 bits per heavy atom. The number of nitrogens with one attached hydrogen (secondary N) is 4. The Labute approximate surface area is 223 Å². The monoisotopic (exact) mass is 536 g/mol. The molecular weight excluding hydrogens is 508 g/mol. The SMILES string of the molecule is CC(=O)Nc1nc(CCc2ccc(N=CNC(=O)O)cc2)c(C(=O)NCCC(=O)NCc2ccccc2)s1. The van der Waals surface area contributed by atoms with Crippen molar-refractivity contribution < 1.29 is 24.3 Å². The summed E-state index contributed by atoms with van der Waals surface area (Å²) >= 11 is 1.08. The summed E-state index contributed by atoms with van der Waals surface area (Å²) in [5.74, 6) is -0.828. The molecule has 0 radical (unpaired) electrons.